The zero-order valence-corrected chi connectivity index (χ0v) is 10.7. The minimum Gasteiger partial charge on any atom is -0.288 e. The summed E-state index contributed by atoms with van der Waals surface area (Å²) in [5.74, 6) is 0.755. The average molecular weight is 211 g/mol. The lowest BCUT2D eigenvalue weighted by Crippen LogP contribution is -2.34. The van der Waals surface area contributed by atoms with Crippen LogP contribution >= 0.6 is 12.6 Å². The standard InChI is InChI=1S/C11H22BNS/c1-5-6-7-13(11(4)14)8-9(2)10(3)12/h5-6,9-11,14H,7-8H2,1-4H3/b6-5-. The number of nitrogens with zero attached hydrogens (tertiary/aromatic N) is 1. The Hall–Kier alpha value is 0.115. The fourth-order valence-electron chi connectivity index (χ4n) is 1.16. The fraction of sp³-hybridized carbons (Fsp3) is 0.818. The summed E-state index contributed by atoms with van der Waals surface area (Å²) in [6, 6.07) is 0. The van der Waals surface area contributed by atoms with Gasteiger partial charge in [0.1, 0.15) is 0 Å². The van der Waals surface area contributed by atoms with Crippen LogP contribution in [0.25, 0.3) is 0 Å². The maximum Gasteiger partial charge on any atom is 0.0700 e. The predicted octanol–water partition coefficient (Wildman–Crippen LogP) is 2.75. The Bertz CT molecular complexity index is 169. The zero-order valence-electron chi connectivity index (χ0n) is 9.77. The highest BCUT2D eigenvalue weighted by atomic mass is 32.1. The first-order valence-corrected chi connectivity index (χ1v) is 5.79. The summed E-state index contributed by atoms with van der Waals surface area (Å²) >= 11 is 4.46. The van der Waals surface area contributed by atoms with Gasteiger partial charge >= 0.3 is 0 Å². The van der Waals surface area contributed by atoms with E-state index in [0.29, 0.717) is 5.92 Å². The molecule has 0 fully saturated rings. The van der Waals surface area contributed by atoms with Crippen LogP contribution in [0.5, 0.6) is 0 Å². The van der Waals surface area contributed by atoms with Crippen molar-refractivity contribution < 1.29 is 0 Å². The smallest absolute Gasteiger partial charge is 0.0700 e. The lowest BCUT2D eigenvalue weighted by atomic mass is 9.79. The predicted molar refractivity (Wildman–Crippen MR) is 69.2 cm³/mol. The summed E-state index contributed by atoms with van der Waals surface area (Å²) in [5, 5.41) is 0.285. The van der Waals surface area contributed by atoms with E-state index in [2.05, 4.69) is 50.5 Å². The minimum atomic E-state index is 0.246. The highest BCUT2D eigenvalue weighted by molar-refractivity contribution is 7.80. The molecular formula is C11H22BNS. The molecule has 0 bridgehead atoms. The van der Waals surface area contributed by atoms with Crippen molar-refractivity contribution in [3.05, 3.63) is 12.2 Å². The number of hydrogen-bond acceptors (Lipinski definition) is 2. The molecule has 0 saturated carbocycles. The second-order valence-electron chi connectivity index (χ2n) is 3.99. The van der Waals surface area contributed by atoms with Gasteiger partial charge in [0.2, 0.25) is 0 Å². The van der Waals surface area contributed by atoms with Gasteiger partial charge in [-0.25, -0.2) is 0 Å². The van der Waals surface area contributed by atoms with Crippen molar-refractivity contribution >= 4 is 20.5 Å². The fourth-order valence-corrected chi connectivity index (χ4v) is 1.35. The first kappa shape index (κ1) is 14.1. The summed E-state index contributed by atoms with van der Waals surface area (Å²) in [4.78, 5) is 2.32. The Labute approximate surface area is 95.8 Å². The summed E-state index contributed by atoms with van der Waals surface area (Å²) in [5.41, 5.74) is 0. The molecule has 0 N–H and O–H groups in total. The van der Waals surface area contributed by atoms with Gasteiger partial charge in [-0.1, -0.05) is 31.8 Å². The molecule has 0 spiro atoms. The average Bonchev–Trinajstić information content (AvgIpc) is 2.10. The number of hydrogen-bond donors (Lipinski definition) is 1. The van der Waals surface area contributed by atoms with E-state index in [1.807, 2.05) is 6.92 Å². The SMILES string of the molecule is [B]C(C)C(C)CN(C/C=C\C)C(C)S. The molecule has 0 heterocycles. The Morgan fingerprint density at radius 1 is 1.36 bits per heavy atom. The first-order chi connectivity index (χ1) is 6.49. The van der Waals surface area contributed by atoms with Crippen molar-refractivity contribution in [1.29, 1.82) is 0 Å². The molecular weight excluding hydrogens is 189 g/mol. The molecule has 0 aromatic carbocycles. The number of rotatable bonds is 6. The second kappa shape index (κ2) is 7.41. The topological polar surface area (TPSA) is 3.24 Å². The Morgan fingerprint density at radius 2 is 1.93 bits per heavy atom. The third-order valence-electron chi connectivity index (χ3n) is 2.52. The van der Waals surface area contributed by atoms with Crippen LogP contribution in [0, 0.1) is 5.92 Å². The van der Waals surface area contributed by atoms with Gasteiger partial charge in [-0.3, -0.25) is 4.90 Å². The van der Waals surface area contributed by atoms with Crippen molar-refractivity contribution in [2.75, 3.05) is 13.1 Å². The van der Waals surface area contributed by atoms with Gasteiger partial charge in [0.15, 0.2) is 0 Å². The van der Waals surface area contributed by atoms with E-state index in [4.69, 9.17) is 7.85 Å². The third-order valence-corrected chi connectivity index (χ3v) is 2.85. The van der Waals surface area contributed by atoms with Crippen molar-refractivity contribution in [2.24, 2.45) is 5.92 Å². The molecule has 0 rings (SSSR count). The van der Waals surface area contributed by atoms with E-state index in [9.17, 15) is 0 Å². The molecule has 80 valence electrons. The van der Waals surface area contributed by atoms with Crippen molar-refractivity contribution in [3.63, 3.8) is 0 Å². The first-order valence-electron chi connectivity index (χ1n) is 5.27. The maximum atomic E-state index is 5.84. The number of allylic oxidation sites excluding steroid dienone is 1. The van der Waals surface area contributed by atoms with Crippen molar-refractivity contribution in [3.8, 4) is 0 Å². The van der Waals surface area contributed by atoms with Crippen LogP contribution in [-0.2, 0) is 0 Å². The minimum absolute atomic E-state index is 0.246. The molecule has 3 atom stereocenters. The van der Waals surface area contributed by atoms with Gasteiger partial charge in [0.25, 0.3) is 0 Å². The third kappa shape index (κ3) is 5.76. The van der Waals surface area contributed by atoms with Crippen LogP contribution in [-0.4, -0.2) is 31.2 Å². The molecule has 0 aliphatic rings. The molecule has 0 amide bonds. The van der Waals surface area contributed by atoms with Crippen LogP contribution in [0.15, 0.2) is 12.2 Å². The molecule has 0 aliphatic carbocycles. The van der Waals surface area contributed by atoms with E-state index in [-0.39, 0.29) is 11.2 Å². The number of thiol groups is 1. The molecule has 0 aromatic heterocycles. The molecule has 0 saturated heterocycles. The van der Waals surface area contributed by atoms with Crippen molar-refractivity contribution in [2.45, 2.75) is 38.9 Å². The highest BCUT2D eigenvalue weighted by Gasteiger charge is 2.14. The lowest BCUT2D eigenvalue weighted by Gasteiger charge is -2.29. The highest BCUT2D eigenvalue weighted by Crippen LogP contribution is 2.16. The second-order valence-corrected chi connectivity index (χ2v) is 4.74. The van der Waals surface area contributed by atoms with Crippen LogP contribution in [0.4, 0.5) is 0 Å². The molecule has 1 nitrogen and oxygen atoms in total. The molecule has 14 heavy (non-hydrogen) atoms. The summed E-state index contributed by atoms with van der Waals surface area (Å²) in [6.45, 7) is 10.3. The van der Waals surface area contributed by atoms with Gasteiger partial charge in [0, 0.05) is 13.1 Å². The quantitative estimate of drug-likeness (QED) is 0.306. The molecule has 0 aliphatic heterocycles. The summed E-state index contributed by atoms with van der Waals surface area (Å²) in [7, 11) is 5.84. The van der Waals surface area contributed by atoms with Crippen LogP contribution in [0.2, 0.25) is 5.82 Å². The van der Waals surface area contributed by atoms with Crippen LogP contribution < -0.4 is 0 Å². The largest absolute Gasteiger partial charge is 0.288 e. The van der Waals surface area contributed by atoms with Crippen molar-refractivity contribution in [1.82, 2.24) is 4.90 Å². The molecule has 3 heteroatoms. The Kier molecular flexibility index (Phi) is 7.47. The van der Waals surface area contributed by atoms with Gasteiger partial charge in [-0.05, 0) is 19.8 Å². The van der Waals surface area contributed by atoms with E-state index in [1.165, 1.54) is 0 Å². The van der Waals surface area contributed by atoms with Gasteiger partial charge in [-0.2, -0.15) is 12.6 Å². The van der Waals surface area contributed by atoms with E-state index in [1.54, 1.807) is 0 Å². The normalized spacial score (nSPS) is 18.7. The van der Waals surface area contributed by atoms with E-state index in [0.717, 1.165) is 13.1 Å². The van der Waals surface area contributed by atoms with Gasteiger partial charge in [-0.15, -0.1) is 0 Å². The summed E-state index contributed by atoms with van der Waals surface area (Å²) < 4.78 is 0. The molecule has 2 radical (unpaired) electrons. The van der Waals surface area contributed by atoms with Gasteiger partial charge in [0.05, 0.1) is 13.2 Å². The zero-order chi connectivity index (χ0) is 11.1. The summed E-state index contributed by atoms with van der Waals surface area (Å²) in [6.07, 6.45) is 4.22. The van der Waals surface area contributed by atoms with E-state index < -0.39 is 0 Å². The monoisotopic (exact) mass is 211 g/mol. The Balaban J connectivity index is 4.08. The lowest BCUT2D eigenvalue weighted by molar-refractivity contribution is 0.252. The maximum absolute atomic E-state index is 5.84. The van der Waals surface area contributed by atoms with Gasteiger partial charge < -0.3 is 0 Å². The molecule has 3 unspecified atom stereocenters. The van der Waals surface area contributed by atoms with Crippen LogP contribution in [0.3, 0.4) is 0 Å². The van der Waals surface area contributed by atoms with Crippen LogP contribution in [0.1, 0.15) is 27.7 Å². The molecule has 0 aromatic rings. The van der Waals surface area contributed by atoms with E-state index >= 15 is 0 Å². The Morgan fingerprint density at radius 3 is 2.29 bits per heavy atom.